The highest BCUT2D eigenvalue weighted by Gasteiger charge is 2.51. The van der Waals surface area contributed by atoms with Gasteiger partial charge in [-0.1, -0.05) is 25.6 Å². The van der Waals surface area contributed by atoms with Crippen LogP contribution in [-0.2, 0) is 33.9 Å². The molecule has 0 radical (unpaired) electrons. The lowest BCUT2D eigenvalue weighted by atomic mass is 9.61. The van der Waals surface area contributed by atoms with Crippen LogP contribution in [0.2, 0.25) is 0 Å². The number of para-hydroxylation sites is 1. The van der Waals surface area contributed by atoms with Crippen LogP contribution in [0.25, 0.3) is 5.76 Å². The van der Waals surface area contributed by atoms with Crippen molar-refractivity contribution in [1.82, 2.24) is 5.32 Å². The van der Waals surface area contributed by atoms with Crippen LogP contribution < -0.4 is 21.1 Å². The lowest BCUT2D eigenvalue weighted by Crippen LogP contribution is -2.44. The number of aliphatic hydroxyl groups is 2. The van der Waals surface area contributed by atoms with Crippen molar-refractivity contribution in [3.05, 3.63) is 69.5 Å². The first-order valence-electron chi connectivity index (χ1n) is 12.8. The summed E-state index contributed by atoms with van der Waals surface area (Å²) in [7, 11) is 3.34. The molecule has 2 aromatic rings. The number of anilines is 1. The fraction of sp³-hybridized carbons (Fsp3) is 0.367. The molecule has 41 heavy (non-hydrogen) atoms. The molecular formula is C30H41N3O8. The fourth-order valence-electron chi connectivity index (χ4n) is 6.30. The van der Waals surface area contributed by atoms with Crippen LogP contribution in [0.15, 0.2) is 47.2 Å². The summed E-state index contributed by atoms with van der Waals surface area (Å²) in [4.78, 5) is 37.9. The molecule has 3 atom stereocenters. The molecular weight excluding hydrogens is 530 g/mol. The number of ether oxygens (including phenoxy) is 1. The van der Waals surface area contributed by atoms with E-state index >= 15 is 0 Å². The van der Waals surface area contributed by atoms with Crippen molar-refractivity contribution >= 4 is 28.9 Å². The van der Waals surface area contributed by atoms with Gasteiger partial charge in [-0.3, -0.25) is 14.4 Å². The summed E-state index contributed by atoms with van der Waals surface area (Å²) in [5.74, 6) is -4.69. The van der Waals surface area contributed by atoms with Gasteiger partial charge in [-0.15, -0.1) is 0 Å². The van der Waals surface area contributed by atoms with Crippen molar-refractivity contribution in [2.75, 3.05) is 19.5 Å². The average molecular weight is 572 g/mol. The van der Waals surface area contributed by atoms with Crippen LogP contribution in [0.3, 0.4) is 0 Å². The minimum absolute atomic E-state index is 0. The van der Waals surface area contributed by atoms with Gasteiger partial charge in [0.25, 0.3) is 5.91 Å². The molecule has 0 spiro atoms. The SMILES string of the molecule is C.CNc1cc(CNCc2ccccc2OC)c(O)c2c1CC1CC3CC(=O)C(C(N)=O)=C(O)C3C(=O)C1=C2O.O.[HH].[HH]. The zero-order valence-electron chi connectivity index (χ0n) is 22.2. The standard InChI is InChI=1S/C29H31N3O7.CH4.H2O.2H2/c1-31-18-9-16(12-32-11-13-5-3-4-6-20(13)39-2)25(34)23-17(18)8-14-7-15-10-19(33)24(29(30)38)28(37)22(15)26(35)21(14)27(23)36;;;;/h3-6,9,14-15,22,31-32,34,36-37H,7-8,10-12H2,1-2H3,(H2,30,38);1H4;1H2;2*1H. The molecule has 0 saturated heterocycles. The maximum atomic E-state index is 13.6. The Hall–Kier alpha value is -4.35. The van der Waals surface area contributed by atoms with E-state index in [1.807, 2.05) is 30.3 Å². The number of allylic oxidation sites excluding steroid dienone is 2. The molecule has 5 rings (SSSR count). The fourth-order valence-corrected chi connectivity index (χ4v) is 6.30. The molecule has 3 aliphatic carbocycles. The first-order chi connectivity index (χ1) is 18.7. The van der Waals surface area contributed by atoms with Crippen molar-refractivity contribution in [2.45, 2.75) is 39.8 Å². The molecule has 0 aromatic heterocycles. The number of nitrogens with two attached hydrogens (primary N) is 1. The van der Waals surface area contributed by atoms with Crippen LogP contribution >= 0.6 is 0 Å². The van der Waals surface area contributed by atoms with Gasteiger partial charge >= 0.3 is 0 Å². The Morgan fingerprint density at radius 3 is 2.46 bits per heavy atom. The number of fused-ring (bicyclic) bond motifs is 3. The van der Waals surface area contributed by atoms with Crippen molar-refractivity contribution in [3.63, 3.8) is 0 Å². The van der Waals surface area contributed by atoms with Gasteiger partial charge in [0.15, 0.2) is 11.6 Å². The van der Waals surface area contributed by atoms with E-state index in [-0.39, 0.29) is 51.4 Å². The largest absolute Gasteiger partial charge is 0.511 e. The van der Waals surface area contributed by atoms with Gasteiger partial charge in [-0.05, 0) is 42.4 Å². The predicted octanol–water partition coefficient (Wildman–Crippen LogP) is 2.95. The Morgan fingerprint density at radius 2 is 1.80 bits per heavy atom. The highest BCUT2D eigenvalue weighted by molar-refractivity contribution is 6.21. The van der Waals surface area contributed by atoms with Gasteiger partial charge in [0, 0.05) is 51.8 Å². The number of nitrogens with one attached hydrogen (secondary N) is 2. The molecule has 0 bridgehead atoms. The number of amides is 1. The summed E-state index contributed by atoms with van der Waals surface area (Å²) in [5, 5.41) is 39.8. The maximum Gasteiger partial charge on any atom is 0.255 e. The number of Topliss-reactive ketones (excluding diaryl/α,β-unsaturated/α-hetero) is 2. The third kappa shape index (κ3) is 5.14. The highest BCUT2D eigenvalue weighted by Crippen LogP contribution is 2.51. The normalized spacial score (nSPS) is 21.2. The zero-order chi connectivity index (χ0) is 28.0. The number of hydrogen-bond donors (Lipinski definition) is 6. The number of carbonyl (C=O) groups excluding carboxylic acids is 3. The van der Waals surface area contributed by atoms with E-state index in [9.17, 15) is 29.7 Å². The number of ketones is 2. The van der Waals surface area contributed by atoms with Crippen LogP contribution in [0.5, 0.6) is 11.5 Å². The molecule has 224 valence electrons. The quantitative estimate of drug-likeness (QED) is 0.213. The van der Waals surface area contributed by atoms with Gasteiger partial charge in [-0.25, -0.2) is 0 Å². The number of phenolic OH excluding ortho intramolecular Hbond substituents is 1. The van der Waals surface area contributed by atoms with Crippen molar-refractivity contribution in [1.29, 1.82) is 0 Å². The van der Waals surface area contributed by atoms with Crippen molar-refractivity contribution < 1.29 is 42.8 Å². The van der Waals surface area contributed by atoms with Gasteiger partial charge < -0.3 is 41.9 Å². The van der Waals surface area contributed by atoms with E-state index < -0.39 is 46.6 Å². The topological polar surface area (TPSA) is 203 Å². The number of rotatable bonds is 7. The lowest BCUT2D eigenvalue weighted by molar-refractivity contribution is -0.127. The second-order valence-electron chi connectivity index (χ2n) is 10.2. The number of benzene rings is 2. The van der Waals surface area contributed by atoms with Crippen molar-refractivity contribution in [3.8, 4) is 11.5 Å². The lowest BCUT2D eigenvalue weighted by Gasteiger charge is -2.41. The minimum atomic E-state index is -1.14. The Morgan fingerprint density at radius 1 is 1.12 bits per heavy atom. The maximum absolute atomic E-state index is 13.6. The van der Waals surface area contributed by atoms with Crippen molar-refractivity contribution in [2.24, 2.45) is 23.5 Å². The number of primary amides is 1. The molecule has 0 aliphatic heterocycles. The molecule has 1 saturated carbocycles. The molecule has 3 unspecified atom stereocenters. The number of carbonyl (C=O) groups is 3. The summed E-state index contributed by atoms with van der Waals surface area (Å²) < 4.78 is 5.39. The van der Waals surface area contributed by atoms with Gasteiger partial charge in [-0.2, -0.15) is 0 Å². The zero-order valence-corrected chi connectivity index (χ0v) is 22.2. The van der Waals surface area contributed by atoms with E-state index in [1.54, 1.807) is 14.2 Å². The number of aromatic hydroxyl groups is 1. The first-order valence-corrected chi connectivity index (χ1v) is 12.8. The van der Waals surface area contributed by atoms with Gasteiger partial charge in [0.2, 0.25) is 0 Å². The summed E-state index contributed by atoms with van der Waals surface area (Å²) in [6, 6.07) is 9.39. The predicted molar refractivity (Wildman–Crippen MR) is 158 cm³/mol. The summed E-state index contributed by atoms with van der Waals surface area (Å²) in [6.07, 6.45) is 0.615. The summed E-state index contributed by atoms with van der Waals surface area (Å²) in [5.41, 5.74) is 7.82. The van der Waals surface area contributed by atoms with Gasteiger partial charge in [0.1, 0.15) is 28.6 Å². The first kappa shape index (κ1) is 31.2. The monoisotopic (exact) mass is 571 g/mol. The number of methoxy groups -OCH3 is 1. The third-order valence-corrected chi connectivity index (χ3v) is 8.06. The van der Waals surface area contributed by atoms with E-state index in [1.165, 1.54) is 0 Å². The molecule has 1 fully saturated rings. The van der Waals surface area contributed by atoms with E-state index in [0.717, 1.165) is 11.3 Å². The summed E-state index contributed by atoms with van der Waals surface area (Å²) >= 11 is 0. The number of aliphatic hydroxyl groups excluding tert-OH is 2. The van der Waals surface area contributed by atoms with Gasteiger partial charge in [0.05, 0.1) is 18.6 Å². The molecule has 1 amide bonds. The molecule has 3 aliphatic rings. The Kier molecular flexibility index (Phi) is 9.15. The second kappa shape index (κ2) is 12.0. The molecule has 0 heterocycles. The molecule has 11 heteroatoms. The van der Waals surface area contributed by atoms with Crippen LogP contribution in [0.1, 0.15) is 45.4 Å². The smallest absolute Gasteiger partial charge is 0.255 e. The molecule has 9 N–H and O–H groups in total. The number of hydrogen-bond acceptors (Lipinski definition) is 9. The van der Waals surface area contributed by atoms with E-state index in [4.69, 9.17) is 10.5 Å². The summed E-state index contributed by atoms with van der Waals surface area (Å²) in [6.45, 7) is 0.739. The minimum Gasteiger partial charge on any atom is -0.511 e. The molecule has 2 aromatic carbocycles. The highest BCUT2D eigenvalue weighted by atomic mass is 16.5. The average Bonchev–Trinajstić information content (AvgIpc) is 2.89. The van der Waals surface area contributed by atoms with E-state index in [2.05, 4.69) is 10.6 Å². The third-order valence-electron chi connectivity index (χ3n) is 8.06. The Bertz CT molecular complexity index is 1470. The van der Waals surface area contributed by atoms with E-state index in [0.29, 0.717) is 36.2 Å². The Labute approximate surface area is 241 Å². The molecule has 11 nitrogen and oxygen atoms in total. The number of phenols is 1. The van der Waals surface area contributed by atoms with Crippen LogP contribution in [0, 0.1) is 17.8 Å². The van der Waals surface area contributed by atoms with Crippen LogP contribution in [-0.4, -0.2) is 52.4 Å². The van der Waals surface area contributed by atoms with Crippen LogP contribution in [0.4, 0.5) is 5.69 Å². The second-order valence-corrected chi connectivity index (χ2v) is 10.2. The Balaban J connectivity index is 0.00000231.